The van der Waals surface area contributed by atoms with Crippen LogP contribution >= 0.6 is 0 Å². The smallest absolute Gasteiger partial charge is 0.182 e. The summed E-state index contributed by atoms with van der Waals surface area (Å²) in [7, 11) is 0. The predicted molar refractivity (Wildman–Crippen MR) is 106 cm³/mol. The minimum atomic E-state index is 0.544. The Bertz CT molecular complexity index is 1080. The lowest BCUT2D eigenvalue weighted by Crippen LogP contribution is -1.94. The normalized spacial score (nSPS) is 11.3. The monoisotopic (exact) mass is 356 g/mol. The standard InChI is InChI=1S/C22H20N4O/c1-16-7-6-14-26-21(16)23-17(2)22(26)25-24-19-10-12-20(13-11-19)27-15-18-8-4-3-5-9-18/h3-14H,15H2,1-2H3. The van der Waals surface area contributed by atoms with Crippen molar-refractivity contribution in [2.75, 3.05) is 0 Å². The molecule has 27 heavy (non-hydrogen) atoms. The second kappa shape index (κ2) is 7.41. The molecule has 0 N–H and O–H groups in total. The molecule has 0 amide bonds. The van der Waals surface area contributed by atoms with Crippen LogP contribution in [-0.2, 0) is 6.61 Å². The van der Waals surface area contributed by atoms with Crippen LogP contribution in [0.4, 0.5) is 11.5 Å². The summed E-state index contributed by atoms with van der Waals surface area (Å²) < 4.78 is 7.76. The molecule has 2 aromatic heterocycles. The van der Waals surface area contributed by atoms with Crippen LogP contribution in [0.3, 0.4) is 0 Å². The van der Waals surface area contributed by atoms with Crippen LogP contribution in [0.2, 0.25) is 0 Å². The largest absolute Gasteiger partial charge is 0.489 e. The van der Waals surface area contributed by atoms with Crippen LogP contribution in [0.25, 0.3) is 5.65 Å². The third kappa shape index (κ3) is 3.72. The fourth-order valence-corrected chi connectivity index (χ4v) is 2.88. The number of benzene rings is 2. The van der Waals surface area contributed by atoms with Crippen LogP contribution in [0, 0.1) is 13.8 Å². The van der Waals surface area contributed by atoms with E-state index in [1.165, 1.54) is 0 Å². The van der Waals surface area contributed by atoms with E-state index in [-0.39, 0.29) is 0 Å². The fraction of sp³-hybridized carbons (Fsp3) is 0.136. The number of hydrogen-bond donors (Lipinski definition) is 0. The van der Waals surface area contributed by atoms with E-state index in [0.717, 1.165) is 39.7 Å². The van der Waals surface area contributed by atoms with Crippen LogP contribution in [0.5, 0.6) is 5.75 Å². The molecule has 2 aromatic carbocycles. The summed E-state index contributed by atoms with van der Waals surface area (Å²) >= 11 is 0. The fourth-order valence-electron chi connectivity index (χ4n) is 2.88. The van der Waals surface area contributed by atoms with Crippen molar-refractivity contribution in [2.45, 2.75) is 20.5 Å². The van der Waals surface area contributed by atoms with Crippen molar-refractivity contribution in [2.24, 2.45) is 10.2 Å². The molecule has 4 aromatic rings. The molecular weight excluding hydrogens is 336 g/mol. The number of hydrogen-bond acceptors (Lipinski definition) is 4. The van der Waals surface area contributed by atoms with Gasteiger partial charge in [0.05, 0.1) is 11.4 Å². The molecule has 134 valence electrons. The maximum atomic E-state index is 5.80. The van der Waals surface area contributed by atoms with Gasteiger partial charge in [0.25, 0.3) is 0 Å². The molecule has 5 heteroatoms. The summed E-state index contributed by atoms with van der Waals surface area (Å²) in [6, 6.07) is 21.7. The molecular formula is C22H20N4O. The van der Waals surface area contributed by atoms with E-state index in [2.05, 4.69) is 15.2 Å². The lowest BCUT2D eigenvalue weighted by Gasteiger charge is -2.06. The third-order valence-corrected chi connectivity index (χ3v) is 4.33. The number of ether oxygens (including phenoxy) is 1. The van der Waals surface area contributed by atoms with Gasteiger partial charge < -0.3 is 4.74 Å². The zero-order valence-electron chi connectivity index (χ0n) is 15.3. The quantitative estimate of drug-likeness (QED) is 0.415. The average Bonchev–Trinajstić information content (AvgIpc) is 3.03. The van der Waals surface area contributed by atoms with Gasteiger partial charge in [-0.25, -0.2) is 4.98 Å². The van der Waals surface area contributed by atoms with Crippen molar-refractivity contribution >= 4 is 17.2 Å². The first-order chi connectivity index (χ1) is 13.2. The molecule has 0 fully saturated rings. The second-order valence-corrected chi connectivity index (χ2v) is 6.37. The van der Waals surface area contributed by atoms with Gasteiger partial charge in [0.1, 0.15) is 18.0 Å². The molecule has 0 saturated carbocycles. The van der Waals surface area contributed by atoms with Gasteiger partial charge >= 0.3 is 0 Å². The van der Waals surface area contributed by atoms with E-state index in [1.807, 2.05) is 91.2 Å². The summed E-state index contributed by atoms with van der Waals surface area (Å²) in [6.07, 6.45) is 1.96. The minimum absolute atomic E-state index is 0.544. The molecule has 0 unspecified atom stereocenters. The Labute approximate surface area is 158 Å². The topological polar surface area (TPSA) is 51.2 Å². The summed E-state index contributed by atoms with van der Waals surface area (Å²) in [4.78, 5) is 4.58. The first kappa shape index (κ1) is 17.0. The van der Waals surface area contributed by atoms with Gasteiger partial charge in [-0.15, -0.1) is 10.2 Å². The number of aromatic nitrogens is 2. The molecule has 5 nitrogen and oxygen atoms in total. The van der Waals surface area contributed by atoms with Crippen molar-refractivity contribution in [3.63, 3.8) is 0 Å². The number of fused-ring (bicyclic) bond motifs is 1. The number of azo groups is 1. The van der Waals surface area contributed by atoms with E-state index in [1.54, 1.807) is 0 Å². The summed E-state index contributed by atoms with van der Waals surface area (Å²) in [5.41, 5.74) is 4.79. The second-order valence-electron chi connectivity index (χ2n) is 6.37. The number of imidazole rings is 1. The highest BCUT2D eigenvalue weighted by Gasteiger charge is 2.09. The van der Waals surface area contributed by atoms with E-state index < -0.39 is 0 Å². The minimum Gasteiger partial charge on any atom is -0.489 e. The van der Waals surface area contributed by atoms with Gasteiger partial charge in [0.15, 0.2) is 5.82 Å². The van der Waals surface area contributed by atoms with Gasteiger partial charge in [-0.3, -0.25) is 4.40 Å². The highest BCUT2D eigenvalue weighted by atomic mass is 16.5. The van der Waals surface area contributed by atoms with Crippen LogP contribution in [0.1, 0.15) is 16.8 Å². The zero-order valence-corrected chi connectivity index (χ0v) is 15.3. The SMILES string of the molecule is Cc1nc2c(C)cccn2c1N=Nc1ccc(OCc2ccccc2)cc1. The van der Waals surface area contributed by atoms with Gasteiger partial charge in [0.2, 0.25) is 0 Å². The Hall–Kier alpha value is -3.47. The molecule has 0 atom stereocenters. The predicted octanol–water partition coefficient (Wildman–Crippen LogP) is 5.95. The molecule has 0 bridgehead atoms. The van der Waals surface area contributed by atoms with Crippen molar-refractivity contribution < 1.29 is 4.74 Å². The van der Waals surface area contributed by atoms with Gasteiger partial charge in [-0.05, 0) is 55.3 Å². The molecule has 0 radical (unpaired) electrons. The Morgan fingerprint density at radius 3 is 2.44 bits per heavy atom. The Kier molecular flexibility index (Phi) is 4.66. The molecule has 4 rings (SSSR count). The summed E-state index contributed by atoms with van der Waals surface area (Å²) in [5.74, 6) is 1.55. The number of pyridine rings is 1. The van der Waals surface area contributed by atoms with Crippen LogP contribution in [-0.4, -0.2) is 9.38 Å². The average molecular weight is 356 g/mol. The number of nitrogens with zero attached hydrogens (tertiary/aromatic N) is 4. The van der Waals surface area contributed by atoms with Crippen molar-refractivity contribution in [3.05, 3.63) is 89.7 Å². The van der Waals surface area contributed by atoms with Gasteiger partial charge in [0, 0.05) is 6.20 Å². The lowest BCUT2D eigenvalue weighted by atomic mass is 10.2. The highest BCUT2D eigenvalue weighted by Crippen LogP contribution is 2.26. The summed E-state index contributed by atoms with van der Waals surface area (Å²) in [5, 5.41) is 8.77. The molecule has 2 heterocycles. The molecule has 0 saturated heterocycles. The van der Waals surface area contributed by atoms with Crippen LogP contribution in [0.15, 0.2) is 83.2 Å². The van der Waals surface area contributed by atoms with E-state index in [0.29, 0.717) is 6.61 Å². The molecule has 0 aliphatic heterocycles. The van der Waals surface area contributed by atoms with Gasteiger partial charge in [-0.1, -0.05) is 36.4 Å². The molecule has 0 spiro atoms. The highest BCUT2D eigenvalue weighted by molar-refractivity contribution is 5.56. The van der Waals surface area contributed by atoms with Crippen molar-refractivity contribution in [1.82, 2.24) is 9.38 Å². The number of aryl methyl sites for hydroxylation is 2. The van der Waals surface area contributed by atoms with Crippen molar-refractivity contribution in [1.29, 1.82) is 0 Å². The van der Waals surface area contributed by atoms with E-state index >= 15 is 0 Å². The molecule has 0 aliphatic carbocycles. The van der Waals surface area contributed by atoms with E-state index in [9.17, 15) is 0 Å². The van der Waals surface area contributed by atoms with Crippen LogP contribution < -0.4 is 4.74 Å². The number of rotatable bonds is 5. The Balaban J connectivity index is 1.49. The van der Waals surface area contributed by atoms with E-state index in [4.69, 9.17) is 4.74 Å². The zero-order chi connectivity index (χ0) is 18.6. The maximum absolute atomic E-state index is 5.80. The van der Waals surface area contributed by atoms with Crippen molar-refractivity contribution in [3.8, 4) is 5.75 Å². The third-order valence-electron chi connectivity index (χ3n) is 4.33. The first-order valence-corrected chi connectivity index (χ1v) is 8.83. The Morgan fingerprint density at radius 1 is 0.889 bits per heavy atom. The maximum Gasteiger partial charge on any atom is 0.182 e. The Morgan fingerprint density at radius 2 is 1.67 bits per heavy atom. The van der Waals surface area contributed by atoms with Gasteiger partial charge in [-0.2, -0.15) is 0 Å². The first-order valence-electron chi connectivity index (χ1n) is 8.83. The molecule has 0 aliphatic rings. The lowest BCUT2D eigenvalue weighted by molar-refractivity contribution is 0.306. The summed E-state index contributed by atoms with van der Waals surface area (Å²) in [6.45, 7) is 4.53.